The molecule has 2 rings (SSSR count). The summed E-state index contributed by atoms with van der Waals surface area (Å²) in [5.74, 6) is 0. The van der Waals surface area contributed by atoms with E-state index in [1.165, 1.54) is 36.1 Å². The number of anilines is 1. The lowest BCUT2D eigenvalue weighted by Gasteiger charge is -2.07. The van der Waals surface area contributed by atoms with Crippen LogP contribution < -0.4 is 5.32 Å². The first-order valence-electron chi connectivity index (χ1n) is 7.01. The number of rotatable bonds is 6. The van der Waals surface area contributed by atoms with Gasteiger partial charge in [0.15, 0.2) is 0 Å². The third-order valence-corrected chi connectivity index (χ3v) is 3.37. The molecule has 0 bridgehead atoms. The maximum atomic E-state index is 4.35. The van der Waals surface area contributed by atoms with Gasteiger partial charge in [-0.25, -0.2) is 0 Å². The Morgan fingerprint density at radius 3 is 2.53 bits per heavy atom. The van der Waals surface area contributed by atoms with E-state index in [-0.39, 0.29) is 0 Å². The van der Waals surface area contributed by atoms with Crippen molar-refractivity contribution >= 4 is 5.69 Å². The van der Waals surface area contributed by atoms with Crippen molar-refractivity contribution in [3.8, 4) is 0 Å². The Morgan fingerprint density at radius 1 is 1.21 bits per heavy atom. The lowest BCUT2D eigenvalue weighted by Crippen LogP contribution is -1.99. The number of benzene rings is 1. The molecule has 1 N–H and O–H groups in total. The zero-order valence-corrected chi connectivity index (χ0v) is 12.1. The SMILES string of the molecule is CCCCc1ccc(NCc2cn(C)nc2C)cc1. The van der Waals surface area contributed by atoms with Crippen molar-refractivity contribution in [1.82, 2.24) is 9.78 Å². The molecule has 0 amide bonds. The number of aryl methyl sites for hydroxylation is 3. The van der Waals surface area contributed by atoms with Gasteiger partial charge in [-0.15, -0.1) is 0 Å². The Morgan fingerprint density at radius 2 is 1.95 bits per heavy atom. The molecule has 1 aromatic carbocycles. The highest BCUT2D eigenvalue weighted by Crippen LogP contribution is 2.14. The van der Waals surface area contributed by atoms with Gasteiger partial charge in [0, 0.05) is 31.0 Å². The van der Waals surface area contributed by atoms with E-state index in [2.05, 4.69) is 47.8 Å². The summed E-state index contributed by atoms with van der Waals surface area (Å²) < 4.78 is 1.86. The van der Waals surface area contributed by atoms with E-state index in [0.717, 1.165) is 12.2 Å². The van der Waals surface area contributed by atoms with Crippen LogP contribution in [0.25, 0.3) is 0 Å². The summed E-state index contributed by atoms with van der Waals surface area (Å²) in [4.78, 5) is 0. The molecule has 0 radical (unpaired) electrons. The Kier molecular flexibility index (Phi) is 4.61. The van der Waals surface area contributed by atoms with Crippen molar-refractivity contribution in [2.45, 2.75) is 39.7 Å². The highest BCUT2D eigenvalue weighted by Gasteiger charge is 2.02. The van der Waals surface area contributed by atoms with Crippen molar-refractivity contribution in [1.29, 1.82) is 0 Å². The summed E-state index contributed by atoms with van der Waals surface area (Å²) >= 11 is 0. The third-order valence-electron chi connectivity index (χ3n) is 3.37. The van der Waals surface area contributed by atoms with Crippen molar-refractivity contribution in [3.63, 3.8) is 0 Å². The maximum Gasteiger partial charge on any atom is 0.0643 e. The minimum absolute atomic E-state index is 0.827. The lowest BCUT2D eigenvalue weighted by molar-refractivity contribution is 0.756. The minimum atomic E-state index is 0.827. The van der Waals surface area contributed by atoms with E-state index < -0.39 is 0 Å². The highest BCUT2D eigenvalue weighted by molar-refractivity contribution is 5.45. The minimum Gasteiger partial charge on any atom is -0.381 e. The van der Waals surface area contributed by atoms with Crippen LogP contribution in [0.2, 0.25) is 0 Å². The van der Waals surface area contributed by atoms with E-state index in [9.17, 15) is 0 Å². The summed E-state index contributed by atoms with van der Waals surface area (Å²) in [5, 5.41) is 7.79. The summed E-state index contributed by atoms with van der Waals surface area (Å²) in [6.07, 6.45) is 5.76. The zero-order chi connectivity index (χ0) is 13.7. The van der Waals surface area contributed by atoms with Gasteiger partial charge in [-0.1, -0.05) is 25.5 Å². The first-order valence-corrected chi connectivity index (χ1v) is 7.01. The van der Waals surface area contributed by atoms with Gasteiger partial charge in [0.05, 0.1) is 5.69 Å². The van der Waals surface area contributed by atoms with E-state index in [4.69, 9.17) is 0 Å². The number of aromatic nitrogens is 2. The number of hydrogen-bond donors (Lipinski definition) is 1. The average molecular weight is 257 g/mol. The average Bonchev–Trinajstić information content (AvgIpc) is 2.73. The van der Waals surface area contributed by atoms with Gasteiger partial charge in [0.1, 0.15) is 0 Å². The molecular formula is C16H23N3. The van der Waals surface area contributed by atoms with Crippen LogP contribution >= 0.6 is 0 Å². The predicted octanol–water partition coefficient (Wildman–Crippen LogP) is 3.68. The van der Waals surface area contributed by atoms with Crippen molar-refractivity contribution in [3.05, 3.63) is 47.3 Å². The fourth-order valence-electron chi connectivity index (χ4n) is 2.19. The maximum absolute atomic E-state index is 4.35. The molecule has 0 fully saturated rings. The van der Waals surface area contributed by atoms with Crippen LogP contribution in [0.15, 0.2) is 30.5 Å². The predicted molar refractivity (Wildman–Crippen MR) is 80.3 cm³/mol. The molecule has 0 aliphatic carbocycles. The topological polar surface area (TPSA) is 29.9 Å². The molecule has 3 heteroatoms. The molecule has 2 aromatic rings. The molecule has 0 aliphatic rings. The van der Waals surface area contributed by atoms with E-state index in [1.54, 1.807) is 0 Å². The smallest absolute Gasteiger partial charge is 0.0643 e. The summed E-state index contributed by atoms with van der Waals surface area (Å²) in [7, 11) is 1.96. The van der Waals surface area contributed by atoms with Gasteiger partial charge < -0.3 is 5.32 Å². The van der Waals surface area contributed by atoms with Gasteiger partial charge in [0.25, 0.3) is 0 Å². The number of hydrogen-bond acceptors (Lipinski definition) is 2. The van der Waals surface area contributed by atoms with Gasteiger partial charge in [-0.05, 0) is 37.5 Å². The van der Waals surface area contributed by atoms with Crippen LogP contribution in [0, 0.1) is 6.92 Å². The van der Waals surface area contributed by atoms with E-state index in [1.807, 2.05) is 18.7 Å². The van der Waals surface area contributed by atoms with Crippen molar-refractivity contribution in [2.24, 2.45) is 7.05 Å². The highest BCUT2D eigenvalue weighted by atomic mass is 15.2. The lowest BCUT2D eigenvalue weighted by atomic mass is 10.1. The normalized spacial score (nSPS) is 10.7. The Bertz CT molecular complexity index is 511. The third kappa shape index (κ3) is 3.85. The second kappa shape index (κ2) is 6.41. The molecule has 3 nitrogen and oxygen atoms in total. The molecule has 0 saturated carbocycles. The van der Waals surface area contributed by atoms with Crippen LogP contribution in [-0.2, 0) is 20.0 Å². The Hall–Kier alpha value is -1.77. The molecule has 0 saturated heterocycles. The van der Waals surface area contributed by atoms with Crippen LogP contribution in [-0.4, -0.2) is 9.78 Å². The van der Waals surface area contributed by atoms with Gasteiger partial charge in [0.2, 0.25) is 0 Å². The molecular weight excluding hydrogens is 234 g/mol. The van der Waals surface area contributed by atoms with Crippen molar-refractivity contribution in [2.75, 3.05) is 5.32 Å². The quantitative estimate of drug-likeness (QED) is 0.855. The van der Waals surface area contributed by atoms with Crippen LogP contribution in [0.3, 0.4) is 0 Å². The monoisotopic (exact) mass is 257 g/mol. The molecule has 0 atom stereocenters. The molecule has 0 spiro atoms. The molecule has 0 aliphatic heterocycles. The molecule has 19 heavy (non-hydrogen) atoms. The fraction of sp³-hybridized carbons (Fsp3) is 0.438. The standard InChI is InChI=1S/C16H23N3/c1-4-5-6-14-7-9-16(10-8-14)17-11-15-12-19(3)18-13(15)2/h7-10,12,17H,4-6,11H2,1-3H3. The summed E-state index contributed by atoms with van der Waals surface area (Å²) in [5.41, 5.74) is 4.93. The van der Waals surface area contributed by atoms with Gasteiger partial charge >= 0.3 is 0 Å². The van der Waals surface area contributed by atoms with Crippen LogP contribution in [0.1, 0.15) is 36.6 Å². The largest absolute Gasteiger partial charge is 0.381 e. The number of unbranched alkanes of at least 4 members (excludes halogenated alkanes) is 1. The molecule has 1 heterocycles. The van der Waals surface area contributed by atoms with Gasteiger partial charge in [-0.2, -0.15) is 5.10 Å². The second-order valence-electron chi connectivity index (χ2n) is 5.07. The van der Waals surface area contributed by atoms with Crippen molar-refractivity contribution < 1.29 is 0 Å². The fourth-order valence-corrected chi connectivity index (χ4v) is 2.19. The molecule has 0 unspecified atom stereocenters. The number of nitrogens with zero attached hydrogens (tertiary/aromatic N) is 2. The summed E-state index contributed by atoms with van der Waals surface area (Å²) in [6, 6.07) is 8.76. The first kappa shape index (κ1) is 13.7. The first-order chi connectivity index (χ1) is 9.19. The number of nitrogens with one attached hydrogen (secondary N) is 1. The van der Waals surface area contributed by atoms with Crippen LogP contribution in [0.5, 0.6) is 0 Å². The van der Waals surface area contributed by atoms with Gasteiger partial charge in [-0.3, -0.25) is 4.68 Å². The van der Waals surface area contributed by atoms with E-state index >= 15 is 0 Å². The van der Waals surface area contributed by atoms with E-state index in [0.29, 0.717) is 0 Å². The second-order valence-corrected chi connectivity index (χ2v) is 5.07. The Balaban J connectivity index is 1.91. The molecule has 1 aromatic heterocycles. The van der Waals surface area contributed by atoms with Crippen LogP contribution in [0.4, 0.5) is 5.69 Å². The summed E-state index contributed by atoms with van der Waals surface area (Å²) in [6.45, 7) is 5.10. The Labute approximate surface area is 115 Å². The molecule has 102 valence electrons. The zero-order valence-electron chi connectivity index (χ0n) is 12.1.